The quantitative estimate of drug-likeness (QED) is 0.113. The predicted octanol–water partition coefficient (Wildman–Crippen LogP) is 9.36. The van der Waals surface area contributed by atoms with Crippen molar-refractivity contribution in [1.29, 1.82) is 0 Å². The second-order valence-corrected chi connectivity index (χ2v) is 10.6. The van der Waals surface area contributed by atoms with E-state index in [9.17, 15) is 9.90 Å². The van der Waals surface area contributed by atoms with Gasteiger partial charge in [0.15, 0.2) is 5.78 Å². The fourth-order valence-electron chi connectivity index (χ4n) is 3.41. The molecule has 0 aliphatic carbocycles. The maximum Gasteiger partial charge on any atom is 0.217 e. The monoisotopic (exact) mass is 701 g/mol. The molecule has 4 rings (SSSR count). The van der Waals surface area contributed by atoms with Crippen molar-refractivity contribution in [2.45, 2.75) is 54.4 Å². The van der Waals surface area contributed by atoms with E-state index in [0.717, 1.165) is 23.6 Å². The largest absolute Gasteiger partial charge is 0.512 e. The van der Waals surface area contributed by atoms with E-state index in [0.29, 0.717) is 11.6 Å². The first-order chi connectivity index (χ1) is 18.1. The van der Waals surface area contributed by atoms with E-state index in [-0.39, 0.29) is 42.5 Å². The molecule has 1 aromatic heterocycles. The second-order valence-electron chi connectivity index (χ2n) is 10.6. The van der Waals surface area contributed by atoms with Crippen LogP contribution in [-0.2, 0) is 24.9 Å². The molecule has 1 heterocycles. The molecule has 3 aromatic carbocycles. The van der Waals surface area contributed by atoms with Crippen molar-refractivity contribution in [2.24, 2.45) is 10.8 Å². The third kappa shape index (κ3) is 8.88. The summed E-state index contributed by atoms with van der Waals surface area (Å²) in [5, 5.41) is 12.0. The summed E-state index contributed by atoms with van der Waals surface area (Å²) < 4.78 is 5.73. The average Bonchev–Trinajstić information content (AvgIpc) is 2.94. The smallest absolute Gasteiger partial charge is 0.217 e. The zero-order valence-electron chi connectivity index (χ0n) is 23.6. The van der Waals surface area contributed by atoms with Crippen LogP contribution < -0.4 is 4.74 Å². The van der Waals surface area contributed by atoms with Crippen molar-refractivity contribution in [3.63, 3.8) is 0 Å². The van der Waals surface area contributed by atoms with Gasteiger partial charge >= 0.3 is 0 Å². The van der Waals surface area contributed by atoms with Crippen LogP contribution >= 0.6 is 0 Å². The Morgan fingerprint density at radius 3 is 2.15 bits per heavy atom. The van der Waals surface area contributed by atoms with Gasteiger partial charge in [0, 0.05) is 60.4 Å². The van der Waals surface area contributed by atoms with Gasteiger partial charge in [-0.05, 0) is 35.4 Å². The molecular weight excluding hydrogens is 663 g/mol. The SMILES string of the molecule is CCC(C)(C)C(=O)/C=C(\O)C(C)(C)CC.[Ir].[c-]1ccccc1Oc1cc2ccc(-c3ccccc3)cc2cn1. The van der Waals surface area contributed by atoms with Gasteiger partial charge in [-0.2, -0.15) is 18.2 Å². The zero-order valence-corrected chi connectivity index (χ0v) is 26.0. The molecule has 0 saturated carbocycles. The number of hydrogen-bond acceptors (Lipinski definition) is 4. The first-order valence-electron chi connectivity index (χ1n) is 13.1. The third-order valence-corrected chi connectivity index (χ3v) is 7.09. The molecule has 1 radical (unpaired) electrons. The number of ether oxygens (including phenoxy) is 1. The van der Waals surface area contributed by atoms with E-state index in [4.69, 9.17) is 4.74 Å². The molecule has 39 heavy (non-hydrogen) atoms. The van der Waals surface area contributed by atoms with Crippen molar-refractivity contribution >= 4 is 16.6 Å². The molecule has 207 valence electrons. The van der Waals surface area contributed by atoms with Crippen LogP contribution in [0.4, 0.5) is 0 Å². The Balaban J connectivity index is 0.000000294. The van der Waals surface area contributed by atoms with Crippen LogP contribution in [0, 0.1) is 16.9 Å². The number of ketones is 1. The van der Waals surface area contributed by atoms with E-state index in [2.05, 4.69) is 41.4 Å². The van der Waals surface area contributed by atoms with Crippen LogP contribution in [0.15, 0.2) is 96.9 Å². The number of fused-ring (bicyclic) bond motifs is 1. The minimum absolute atomic E-state index is 0. The zero-order chi connectivity index (χ0) is 27.8. The van der Waals surface area contributed by atoms with Crippen molar-refractivity contribution in [3.8, 4) is 22.8 Å². The number of aromatic nitrogens is 1. The molecule has 0 bridgehead atoms. The summed E-state index contributed by atoms with van der Waals surface area (Å²) in [5.74, 6) is 1.44. The van der Waals surface area contributed by atoms with Crippen molar-refractivity contribution in [2.75, 3.05) is 0 Å². The topological polar surface area (TPSA) is 59.4 Å². The number of aliphatic hydroxyl groups excluding tert-OH is 1. The second kappa shape index (κ2) is 14.2. The first-order valence-corrected chi connectivity index (χ1v) is 13.1. The number of carbonyl (C=O) groups is 1. The number of para-hydroxylation sites is 1. The van der Waals surface area contributed by atoms with Gasteiger partial charge in [0.05, 0.1) is 0 Å². The minimum Gasteiger partial charge on any atom is -0.512 e. The fourth-order valence-corrected chi connectivity index (χ4v) is 3.41. The number of aliphatic hydroxyl groups is 1. The summed E-state index contributed by atoms with van der Waals surface area (Å²) in [6, 6.07) is 29.2. The molecule has 0 aliphatic rings. The summed E-state index contributed by atoms with van der Waals surface area (Å²) in [4.78, 5) is 16.2. The number of hydrogen-bond donors (Lipinski definition) is 1. The number of pyridine rings is 1. The molecule has 0 aliphatic heterocycles. The minimum atomic E-state index is -0.377. The number of nitrogens with zero attached hydrogens (tertiary/aromatic N) is 1. The molecule has 5 heteroatoms. The van der Waals surface area contributed by atoms with Gasteiger partial charge in [0.25, 0.3) is 0 Å². The number of benzene rings is 3. The van der Waals surface area contributed by atoms with E-state index in [1.807, 2.05) is 96.3 Å². The Morgan fingerprint density at radius 2 is 1.54 bits per heavy atom. The maximum atomic E-state index is 11.8. The van der Waals surface area contributed by atoms with Gasteiger partial charge in [-0.15, -0.1) is 12.1 Å². The number of allylic oxidation sites excluding steroid dienone is 2. The Kier molecular flexibility index (Phi) is 11.6. The molecule has 0 unspecified atom stereocenters. The molecule has 4 aromatic rings. The van der Waals surface area contributed by atoms with Gasteiger partial charge in [0.1, 0.15) is 5.76 Å². The van der Waals surface area contributed by atoms with Crippen LogP contribution in [0.25, 0.3) is 21.9 Å². The summed E-state index contributed by atoms with van der Waals surface area (Å²) in [7, 11) is 0. The molecular formula is C34H38IrNO3-. The van der Waals surface area contributed by atoms with Gasteiger partial charge in [0.2, 0.25) is 5.88 Å². The van der Waals surface area contributed by atoms with Crippen LogP contribution in [0.1, 0.15) is 54.4 Å². The fraction of sp³-hybridized carbons (Fsp3) is 0.294. The molecule has 1 N–H and O–H groups in total. The standard InChI is InChI=1S/C21H14NO.C13H24O2.Ir/c1-3-7-16(8-4-1)17-11-12-18-14-21(22-15-19(18)13-17)23-20-9-5-2-6-10-20;1-7-12(3,4)10(14)9-11(15)13(5,6)8-2;/h1-9,11-15H;9,14H,7-8H2,1-6H3;/q-1;;/b;10-9-;. The maximum absolute atomic E-state index is 11.8. The molecule has 0 spiro atoms. The van der Waals surface area contributed by atoms with E-state index in [1.165, 1.54) is 17.2 Å². The predicted molar refractivity (Wildman–Crippen MR) is 156 cm³/mol. The van der Waals surface area contributed by atoms with Gasteiger partial charge in [-0.3, -0.25) is 4.79 Å². The van der Waals surface area contributed by atoms with Crippen LogP contribution in [0.5, 0.6) is 11.6 Å². The van der Waals surface area contributed by atoms with Crippen molar-refractivity contribution < 1.29 is 34.7 Å². The van der Waals surface area contributed by atoms with Crippen LogP contribution in [-0.4, -0.2) is 15.9 Å². The Bertz CT molecular complexity index is 1380. The molecule has 0 fully saturated rings. The van der Waals surface area contributed by atoms with Crippen LogP contribution in [0.3, 0.4) is 0 Å². The molecule has 0 saturated heterocycles. The summed E-state index contributed by atoms with van der Waals surface area (Å²) in [6.07, 6.45) is 4.84. The summed E-state index contributed by atoms with van der Waals surface area (Å²) in [5.41, 5.74) is 1.70. The first kappa shape index (κ1) is 31.9. The van der Waals surface area contributed by atoms with E-state index < -0.39 is 0 Å². The van der Waals surface area contributed by atoms with Crippen LogP contribution in [0.2, 0.25) is 0 Å². The number of carbonyl (C=O) groups excluding carboxylic acids is 1. The average molecular weight is 701 g/mol. The van der Waals surface area contributed by atoms with Gasteiger partial charge in [-0.1, -0.05) is 84.0 Å². The molecule has 0 amide bonds. The van der Waals surface area contributed by atoms with E-state index in [1.54, 1.807) is 0 Å². The summed E-state index contributed by atoms with van der Waals surface area (Å²) >= 11 is 0. The van der Waals surface area contributed by atoms with Gasteiger partial charge < -0.3 is 9.84 Å². The molecule has 0 atom stereocenters. The Morgan fingerprint density at radius 1 is 0.872 bits per heavy atom. The third-order valence-electron chi connectivity index (χ3n) is 7.09. The summed E-state index contributed by atoms with van der Waals surface area (Å²) in [6.45, 7) is 11.7. The van der Waals surface area contributed by atoms with Crippen molar-refractivity contribution in [1.82, 2.24) is 4.98 Å². The molecule has 4 nitrogen and oxygen atoms in total. The van der Waals surface area contributed by atoms with Gasteiger partial charge in [-0.25, -0.2) is 4.98 Å². The van der Waals surface area contributed by atoms with Crippen molar-refractivity contribution in [3.05, 3.63) is 103 Å². The normalized spacial score (nSPS) is 11.7. The van der Waals surface area contributed by atoms with E-state index >= 15 is 0 Å². The Hall–Kier alpha value is -3.27. The number of rotatable bonds is 8. The Labute approximate surface area is 246 Å².